The lowest BCUT2D eigenvalue weighted by Crippen LogP contribution is -2.24. The number of carbonyl (C=O) groups excluding carboxylic acids is 1. The molecule has 0 saturated heterocycles. The fourth-order valence-electron chi connectivity index (χ4n) is 2.17. The molecule has 0 aliphatic rings. The maximum absolute atomic E-state index is 12.3. The Balaban J connectivity index is 2.11. The van der Waals surface area contributed by atoms with Crippen LogP contribution in [0.25, 0.3) is 0 Å². The van der Waals surface area contributed by atoms with Crippen LogP contribution < -0.4 is 19.5 Å². The van der Waals surface area contributed by atoms with Gasteiger partial charge in [-0.3, -0.25) is 4.79 Å². The highest BCUT2D eigenvalue weighted by Gasteiger charge is 2.20. The number of amides is 1. The first kappa shape index (κ1) is 17.2. The summed E-state index contributed by atoms with van der Waals surface area (Å²) in [6.45, 7) is 0.227. The third kappa shape index (κ3) is 3.99. The monoisotopic (exact) mass is 325 g/mol. The molecule has 2 aromatic rings. The number of hydrogen-bond acceptors (Lipinski definition) is 4. The highest BCUT2D eigenvalue weighted by atomic mass is 16.5. The van der Waals surface area contributed by atoms with E-state index in [2.05, 4.69) is 17.2 Å². The van der Waals surface area contributed by atoms with Gasteiger partial charge in [0.05, 0.1) is 33.4 Å². The molecule has 0 radical (unpaired) electrons. The molecule has 2 aromatic carbocycles. The molecule has 0 heterocycles. The lowest BCUT2D eigenvalue weighted by Gasteiger charge is -2.15. The minimum Gasteiger partial charge on any atom is -0.493 e. The van der Waals surface area contributed by atoms with E-state index in [4.69, 9.17) is 14.2 Å². The maximum atomic E-state index is 12.3. The Morgan fingerprint density at radius 3 is 2.29 bits per heavy atom. The molecule has 0 bridgehead atoms. The fourth-order valence-corrected chi connectivity index (χ4v) is 2.17. The van der Waals surface area contributed by atoms with Gasteiger partial charge in [-0.2, -0.15) is 0 Å². The Morgan fingerprint density at radius 1 is 0.958 bits per heavy atom. The van der Waals surface area contributed by atoms with Gasteiger partial charge in [0.25, 0.3) is 5.91 Å². The lowest BCUT2D eigenvalue weighted by atomic mass is 10.1. The molecule has 0 spiro atoms. The lowest BCUT2D eigenvalue weighted by molar-refractivity contribution is 0.0955. The van der Waals surface area contributed by atoms with Crippen molar-refractivity contribution >= 4 is 5.91 Å². The Kier molecular flexibility index (Phi) is 6.09. The number of benzene rings is 2. The fraction of sp³-hybridized carbons (Fsp3) is 0.211. The van der Waals surface area contributed by atoms with Crippen molar-refractivity contribution in [1.82, 2.24) is 5.32 Å². The van der Waals surface area contributed by atoms with Crippen LogP contribution in [0.2, 0.25) is 0 Å². The zero-order chi connectivity index (χ0) is 17.4. The molecular weight excluding hydrogens is 306 g/mol. The molecule has 0 atom stereocenters. The molecule has 1 N–H and O–H groups in total. The number of hydrogen-bond donors (Lipinski definition) is 1. The van der Waals surface area contributed by atoms with E-state index in [1.807, 2.05) is 30.3 Å². The van der Waals surface area contributed by atoms with E-state index in [9.17, 15) is 4.79 Å². The normalized spacial score (nSPS) is 9.46. The zero-order valence-corrected chi connectivity index (χ0v) is 13.9. The molecular formula is C19H19NO4. The van der Waals surface area contributed by atoms with E-state index < -0.39 is 0 Å². The second-order valence-electron chi connectivity index (χ2n) is 4.73. The topological polar surface area (TPSA) is 56.8 Å². The summed E-state index contributed by atoms with van der Waals surface area (Å²) in [6.07, 6.45) is 0. The Labute approximate surface area is 141 Å². The third-order valence-electron chi connectivity index (χ3n) is 3.29. The zero-order valence-electron chi connectivity index (χ0n) is 13.9. The van der Waals surface area contributed by atoms with Crippen LogP contribution in [-0.4, -0.2) is 33.8 Å². The van der Waals surface area contributed by atoms with Gasteiger partial charge in [-0.25, -0.2) is 0 Å². The van der Waals surface area contributed by atoms with Crippen LogP contribution in [0.3, 0.4) is 0 Å². The smallest absolute Gasteiger partial charge is 0.255 e. The SMILES string of the molecule is COc1ccc(C(=O)NCC#Cc2ccccc2)c(OC)c1OC. The number of rotatable bonds is 5. The Bertz CT molecular complexity index is 760. The molecule has 0 saturated carbocycles. The van der Waals surface area contributed by atoms with Gasteiger partial charge in [0.2, 0.25) is 5.75 Å². The summed E-state index contributed by atoms with van der Waals surface area (Å²) >= 11 is 0. The van der Waals surface area contributed by atoms with E-state index in [-0.39, 0.29) is 12.5 Å². The van der Waals surface area contributed by atoms with E-state index in [1.54, 1.807) is 12.1 Å². The van der Waals surface area contributed by atoms with Gasteiger partial charge in [0.15, 0.2) is 11.5 Å². The molecule has 2 rings (SSSR count). The first-order chi connectivity index (χ1) is 11.7. The highest BCUT2D eigenvalue weighted by molar-refractivity contribution is 5.98. The van der Waals surface area contributed by atoms with E-state index in [0.29, 0.717) is 22.8 Å². The van der Waals surface area contributed by atoms with Gasteiger partial charge >= 0.3 is 0 Å². The van der Waals surface area contributed by atoms with Gasteiger partial charge in [0.1, 0.15) is 0 Å². The minimum atomic E-state index is -0.296. The summed E-state index contributed by atoms with van der Waals surface area (Å²) < 4.78 is 15.8. The van der Waals surface area contributed by atoms with E-state index in [0.717, 1.165) is 5.56 Å². The maximum Gasteiger partial charge on any atom is 0.255 e. The molecule has 1 amide bonds. The molecule has 5 nitrogen and oxygen atoms in total. The second-order valence-corrected chi connectivity index (χ2v) is 4.73. The quantitative estimate of drug-likeness (QED) is 0.858. The summed E-state index contributed by atoms with van der Waals surface area (Å²) in [5.74, 6) is 6.79. The third-order valence-corrected chi connectivity index (χ3v) is 3.29. The highest BCUT2D eigenvalue weighted by Crippen LogP contribution is 2.39. The molecule has 124 valence electrons. The number of carbonyl (C=O) groups is 1. The molecule has 0 aliphatic heterocycles. The second kappa shape index (κ2) is 8.49. The first-order valence-electron chi connectivity index (χ1n) is 7.32. The Hall–Kier alpha value is -3.13. The average Bonchev–Trinajstić information content (AvgIpc) is 2.64. The van der Waals surface area contributed by atoms with Crippen molar-refractivity contribution in [3.05, 3.63) is 53.6 Å². The van der Waals surface area contributed by atoms with Crippen molar-refractivity contribution < 1.29 is 19.0 Å². The number of methoxy groups -OCH3 is 3. The van der Waals surface area contributed by atoms with Crippen molar-refractivity contribution in [3.8, 4) is 29.1 Å². The molecule has 0 aliphatic carbocycles. The minimum absolute atomic E-state index is 0.227. The van der Waals surface area contributed by atoms with Crippen LogP contribution in [-0.2, 0) is 0 Å². The summed E-state index contributed by atoms with van der Waals surface area (Å²) in [5.41, 5.74) is 1.26. The van der Waals surface area contributed by atoms with Crippen molar-refractivity contribution in [2.24, 2.45) is 0 Å². The van der Waals surface area contributed by atoms with Crippen LogP contribution in [0, 0.1) is 11.8 Å². The van der Waals surface area contributed by atoms with Gasteiger partial charge in [-0.1, -0.05) is 30.0 Å². The van der Waals surface area contributed by atoms with Crippen LogP contribution in [0.4, 0.5) is 0 Å². The van der Waals surface area contributed by atoms with Crippen LogP contribution in [0.15, 0.2) is 42.5 Å². The summed E-state index contributed by atoms with van der Waals surface area (Å²) in [5, 5.41) is 2.74. The summed E-state index contributed by atoms with van der Waals surface area (Å²) in [6, 6.07) is 12.9. The predicted molar refractivity (Wildman–Crippen MR) is 91.8 cm³/mol. The van der Waals surface area contributed by atoms with Gasteiger partial charge in [-0.05, 0) is 24.3 Å². The van der Waals surface area contributed by atoms with E-state index in [1.165, 1.54) is 21.3 Å². The molecule has 0 fully saturated rings. The van der Waals surface area contributed by atoms with Crippen molar-refractivity contribution in [3.63, 3.8) is 0 Å². The van der Waals surface area contributed by atoms with Crippen molar-refractivity contribution in [1.29, 1.82) is 0 Å². The standard InChI is InChI=1S/C19H19NO4/c1-22-16-12-11-15(17(23-2)18(16)24-3)19(21)20-13-7-10-14-8-5-4-6-9-14/h4-6,8-9,11-12H,13H2,1-3H3,(H,20,21). The van der Waals surface area contributed by atoms with Crippen LogP contribution in [0.1, 0.15) is 15.9 Å². The van der Waals surface area contributed by atoms with E-state index >= 15 is 0 Å². The van der Waals surface area contributed by atoms with Gasteiger partial charge in [0, 0.05) is 5.56 Å². The van der Waals surface area contributed by atoms with Gasteiger partial charge in [-0.15, -0.1) is 0 Å². The van der Waals surface area contributed by atoms with Crippen LogP contribution >= 0.6 is 0 Å². The molecule has 24 heavy (non-hydrogen) atoms. The summed E-state index contributed by atoms with van der Waals surface area (Å²) in [4.78, 5) is 12.3. The molecule has 0 aromatic heterocycles. The number of nitrogens with one attached hydrogen (secondary N) is 1. The number of ether oxygens (including phenoxy) is 3. The first-order valence-corrected chi connectivity index (χ1v) is 7.32. The predicted octanol–water partition coefficient (Wildman–Crippen LogP) is 2.49. The summed E-state index contributed by atoms with van der Waals surface area (Å²) in [7, 11) is 4.49. The van der Waals surface area contributed by atoms with Crippen LogP contribution in [0.5, 0.6) is 17.2 Å². The Morgan fingerprint density at radius 2 is 1.67 bits per heavy atom. The van der Waals surface area contributed by atoms with Crippen molar-refractivity contribution in [2.75, 3.05) is 27.9 Å². The largest absolute Gasteiger partial charge is 0.493 e. The van der Waals surface area contributed by atoms with Crippen molar-refractivity contribution in [2.45, 2.75) is 0 Å². The van der Waals surface area contributed by atoms with Gasteiger partial charge < -0.3 is 19.5 Å². The average molecular weight is 325 g/mol. The molecule has 0 unspecified atom stereocenters. The molecule has 5 heteroatoms.